The number of nitrogens with zero attached hydrogens (tertiary/aromatic N) is 1. The lowest BCUT2D eigenvalue weighted by Gasteiger charge is -2.23. The van der Waals surface area contributed by atoms with Crippen molar-refractivity contribution < 1.29 is 0 Å². The predicted molar refractivity (Wildman–Crippen MR) is 63.3 cm³/mol. The molecule has 0 aromatic carbocycles. The maximum Gasteiger partial charge on any atom is 0.254 e. The fourth-order valence-corrected chi connectivity index (χ4v) is 2.04. The monoisotopic (exact) mass is 221 g/mol. The van der Waals surface area contributed by atoms with Crippen molar-refractivity contribution in [2.24, 2.45) is 5.73 Å². The zero-order valence-corrected chi connectivity index (χ0v) is 9.97. The van der Waals surface area contributed by atoms with Crippen molar-refractivity contribution in [3.63, 3.8) is 0 Å². The number of rotatable bonds is 2. The van der Waals surface area contributed by atoms with Crippen LogP contribution in [-0.4, -0.2) is 9.97 Å². The first-order valence-corrected chi connectivity index (χ1v) is 5.96. The number of hydrogen-bond acceptors (Lipinski definition) is 3. The maximum absolute atomic E-state index is 11.9. The number of hydrogen-bond donors (Lipinski definition) is 2. The number of aromatic amines is 1. The number of aryl methyl sites for hydroxylation is 1. The van der Waals surface area contributed by atoms with Crippen molar-refractivity contribution in [2.75, 3.05) is 0 Å². The van der Waals surface area contributed by atoms with Gasteiger partial charge in [-0.15, -0.1) is 0 Å². The van der Waals surface area contributed by atoms with Crippen molar-refractivity contribution in [2.45, 2.75) is 51.5 Å². The average molecular weight is 221 g/mol. The first-order chi connectivity index (χ1) is 7.54. The summed E-state index contributed by atoms with van der Waals surface area (Å²) in [5.74, 6) is 0.626. The molecule has 0 fully saturated rings. The average Bonchev–Trinajstić information content (AvgIpc) is 2.29. The molecule has 1 atom stereocenters. The van der Waals surface area contributed by atoms with Crippen molar-refractivity contribution in [1.29, 1.82) is 0 Å². The van der Waals surface area contributed by atoms with Crippen LogP contribution in [0.5, 0.6) is 0 Å². The smallest absolute Gasteiger partial charge is 0.254 e. The maximum atomic E-state index is 11.9. The molecule has 0 saturated heterocycles. The molecule has 3 N–H and O–H groups in total. The molecule has 0 radical (unpaired) electrons. The topological polar surface area (TPSA) is 71.8 Å². The minimum absolute atomic E-state index is 0.00447. The normalized spacial score (nSPS) is 18.9. The Hall–Kier alpha value is -1.16. The molecule has 1 aliphatic carbocycles. The van der Waals surface area contributed by atoms with Gasteiger partial charge in [-0.3, -0.25) is 4.79 Å². The Bertz CT molecular complexity index is 448. The van der Waals surface area contributed by atoms with Gasteiger partial charge in [0.2, 0.25) is 0 Å². The number of aromatic nitrogens is 2. The second-order valence-corrected chi connectivity index (χ2v) is 4.82. The highest BCUT2D eigenvalue weighted by atomic mass is 16.1. The van der Waals surface area contributed by atoms with Crippen LogP contribution in [0.25, 0.3) is 0 Å². The van der Waals surface area contributed by atoms with Gasteiger partial charge in [-0.25, -0.2) is 4.98 Å². The number of H-pyrrole nitrogens is 1. The highest BCUT2D eigenvalue weighted by Crippen LogP contribution is 2.20. The molecule has 1 aliphatic rings. The molecular weight excluding hydrogens is 202 g/mol. The molecular formula is C12H19N3O. The van der Waals surface area contributed by atoms with E-state index in [0.717, 1.165) is 43.4 Å². The summed E-state index contributed by atoms with van der Waals surface area (Å²) in [6.07, 6.45) is 4.73. The third kappa shape index (κ3) is 1.89. The first-order valence-electron chi connectivity index (χ1n) is 5.96. The summed E-state index contributed by atoms with van der Waals surface area (Å²) in [5, 5.41) is 0. The lowest BCUT2D eigenvalue weighted by Crippen LogP contribution is -2.37. The number of nitrogens with one attached hydrogen (secondary N) is 1. The van der Waals surface area contributed by atoms with E-state index in [1.165, 1.54) is 0 Å². The van der Waals surface area contributed by atoms with Gasteiger partial charge in [0.15, 0.2) is 0 Å². The van der Waals surface area contributed by atoms with Gasteiger partial charge in [0.05, 0.1) is 11.2 Å². The molecule has 0 aliphatic heterocycles. The Balaban J connectivity index is 2.51. The van der Waals surface area contributed by atoms with Crippen LogP contribution in [0.15, 0.2) is 4.79 Å². The largest absolute Gasteiger partial charge is 0.319 e. The van der Waals surface area contributed by atoms with E-state index >= 15 is 0 Å². The lowest BCUT2D eigenvalue weighted by atomic mass is 9.95. The quantitative estimate of drug-likeness (QED) is 0.789. The van der Waals surface area contributed by atoms with E-state index in [-0.39, 0.29) is 5.56 Å². The van der Waals surface area contributed by atoms with E-state index in [4.69, 9.17) is 5.73 Å². The van der Waals surface area contributed by atoms with E-state index in [2.05, 4.69) is 9.97 Å². The fraction of sp³-hybridized carbons (Fsp3) is 0.667. The molecule has 0 amide bonds. The molecule has 1 aromatic heterocycles. The molecule has 1 heterocycles. The van der Waals surface area contributed by atoms with Gasteiger partial charge in [0.25, 0.3) is 5.56 Å². The van der Waals surface area contributed by atoms with Crippen molar-refractivity contribution in [3.8, 4) is 0 Å². The highest BCUT2D eigenvalue weighted by Gasteiger charge is 2.24. The zero-order chi connectivity index (χ0) is 11.8. The molecule has 1 aromatic rings. The fourth-order valence-electron chi connectivity index (χ4n) is 2.04. The highest BCUT2D eigenvalue weighted by molar-refractivity contribution is 5.22. The van der Waals surface area contributed by atoms with Crippen molar-refractivity contribution in [1.82, 2.24) is 9.97 Å². The summed E-state index contributed by atoms with van der Waals surface area (Å²) in [5.41, 5.74) is 7.39. The SMILES string of the molecule is CC[C@@](C)(N)c1nc2c(c(=O)[nH]1)CCCC2. The minimum Gasteiger partial charge on any atom is -0.319 e. The van der Waals surface area contributed by atoms with E-state index in [9.17, 15) is 4.79 Å². The number of fused-ring (bicyclic) bond motifs is 1. The molecule has 2 rings (SSSR count). The van der Waals surface area contributed by atoms with E-state index < -0.39 is 5.54 Å². The van der Waals surface area contributed by atoms with Gasteiger partial charge >= 0.3 is 0 Å². The summed E-state index contributed by atoms with van der Waals surface area (Å²) in [4.78, 5) is 19.3. The Labute approximate surface area is 95.3 Å². The summed E-state index contributed by atoms with van der Waals surface area (Å²) >= 11 is 0. The summed E-state index contributed by atoms with van der Waals surface area (Å²) < 4.78 is 0. The third-order valence-electron chi connectivity index (χ3n) is 3.47. The Morgan fingerprint density at radius 2 is 2.12 bits per heavy atom. The second-order valence-electron chi connectivity index (χ2n) is 4.82. The van der Waals surface area contributed by atoms with Crippen LogP contribution in [0.4, 0.5) is 0 Å². The molecule has 0 unspecified atom stereocenters. The molecule has 88 valence electrons. The Morgan fingerprint density at radius 1 is 1.44 bits per heavy atom. The van der Waals surface area contributed by atoms with Crippen LogP contribution in [0.2, 0.25) is 0 Å². The number of nitrogens with two attached hydrogens (primary N) is 1. The van der Waals surface area contributed by atoms with Crippen LogP contribution in [0.3, 0.4) is 0 Å². The Morgan fingerprint density at radius 3 is 2.81 bits per heavy atom. The first kappa shape index (κ1) is 11.3. The van der Waals surface area contributed by atoms with Crippen LogP contribution in [0, 0.1) is 0 Å². The predicted octanol–water partition coefficient (Wildman–Crippen LogP) is 1.23. The molecule has 16 heavy (non-hydrogen) atoms. The second kappa shape index (κ2) is 4.01. The van der Waals surface area contributed by atoms with E-state index in [1.54, 1.807) is 0 Å². The van der Waals surface area contributed by atoms with Crippen LogP contribution in [-0.2, 0) is 18.4 Å². The van der Waals surface area contributed by atoms with Crippen LogP contribution < -0.4 is 11.3 Å². The standard InChI is InChI=1S/C12H19N3O/c1-3-12(2,13)11-14-9-7-5-4-6-8(9)10(16)15-11/h3-7,13H2,1-2H3,(H,14,15,16)/t12-/m1/s1. The molecule has 0 spiro atoms. The molecule has 4 heteroatoms. The lowest BCUT2D eigenvalue weighted by molar-refractivity contribution is 0.438. The van der Waals surface area contributed by atoms with Crippen molar-refractivity contribution >= 4 is 0 Å². The summed E-state index contributed by atoms with van der Waals surface area (Å²) in [6, 6.07) is 0. The minimum atomic E-state index is -0.536. The Kier molecular flexibility index (Phi) is 2.84. The van der Waals surface area contributed by atoms with Gasteiger partial charge in [0.1, 0.15) is 5.82 Å². The zero-order valence-electron chi connectivity index (χ0n) is 9.97. The molecule has 0 bridgehead atoms. The van der Waals surface area contributed by atoms with Crippen LogP contribution >= 0.6 is 0 Å². The molecule has 4 nitrogen and oxygen atoms in total. The van der Waals surface area contributed by atoms with E-state index in [1.807, 2.05) is 13.8 Å². The van der Waals surface area contributed by atoms with Gasteiger partial charge in [-0.05, 0) is 39.0 Å². The summed E-state index contributed by atoms with van der Waals surface area (Å²) in [6.45, 7) is 3.90. The van der Waals surface area contributed by atoms with Gasteiger partial charge < -0.3 is 10.7 Å². The molecule has 0 saturated carbocycles. The summed E-state index contributed by atoms with van der Waals surface area (Å²) in [7, 11) is 0. The van der Waals surface area contributed by atoms with Gasteiger partial charge in [-0.1, -0.05) is 6.92 Å². The van der Waals surface area contributed by atoms with Gasteiger partial charge in [0, 0.05) is 5.56 Å². The third-order valence-corrected chi connectivity index (χ3v) is 3.47. The van der Waals surface area contributed by atoms with E-state index in [0.29, 0.717) is 5.82 Å². The van der Waals surface area contributed by atoms with Crippen LogP contribution in [0.1, 0.15) is 50.2 Å². The van der Waals surface area contributed by atoms with Gasteiger partial charge in [-0.2, -0.15) is 0 Å². The van der Waals surface area contributed by atoms with Crippen molar-refractivity contribution in [3.05, 3.63) is 27.4 Å².